The van der Waals surface area contributed by atoms with E-state index in [9.17, 15) is 0 Å². The second-order valence-electron chi connectivity index (χ2n) is 10.9. The van der Waals surface area contributed by atoms with Crippen LogP contribution >= 0.6 is 11.3 Å². The van der Waals surface area contributed by atoms with Crippen LogP contribution in [0.25, 0.3) is 81.8 Å². The van der Waals surface area contributed by atoms with Crippen molar-refractivity contribution in [2.24, 2.45) is 0 Å². The molecule has 9 aromatic rings. The average Bonchev–Trinajstić information content (AvgIpc) is 3.64. The van der Waals surface area contributed by atoms with E-state index in [2.05, 4.69) is 114 Å². The molecule has 0 N–H and O–H groups in total. The van der Waals surface area contributed by atoms with Gasteiger partial charge < -0.3 is 0 Å². The van der Waals surface area contributed by atoms with Crippen molar-refractivity contribution in [2.75, 3.05) is 0 Å². The van der Waals surface area contributed by atoms with Crippen molar-refractivity contribution >= 4 is 53.3 Å². The molecule has 0 bridgehead atoms. The lowest BCUT2D eigenvalue weighted by atomic mass is 10.0. The number of thiophene rings is 1. The summed E-state index contributed by atoms with van der Waals surface area (Å²) in [6.45, 7) is 0. The Labute approximate surface area is 257 Å². The molecular formula is C39H24N4S. The zero-order valence-electron chi connectivity index (χ0n) is 23.6. The van der Waals surface area contributed by atoms with Gasteiger partial charge in [-0.3, -0.25) is 4.57 Å². The van der Waals surface area contributed by atoms with E-state index in [1.807, 2.05) is 47.7 Å². The van der Waals surface area contributed by atoms with Crippen LogP contribution in [0.3, 0.4) is 0 Å². The minimum absolute atomic E-state index is 0.605. The van der Waals surface area contributed by atoms with Crippen LogP contribution < -0.4 is 0 Å². The molecule has 4 nitrogen and oxygen atoms in total. The van der Waals surface area contributed by atoms with Crippen LogP contribution in [0.5, 0.6) is 0 Å². The molecule has 6 aromatic carbocycles. The van der Waals surface area contributed by atoms with Gasteiger partial charge in [-0.1, -0.05) is 121 Å². The summed E-state index contributed by atoms with van der Waals surface area (Å²) >= 11 is 1.82. The van der Waals surface area contributed by atoms with Gasteiger partial charge in [-0.2, -0.15) is 9.97 Å². The largest absolute Gasteiger partial charge is 0.277 e. The molecule has 0 amide bonds. The predicted octanol–water partition coefficient (Wildman–Crippen LogP) is 10.3. The molecule has 0 spiro atoms. The minimum atomic E-state index is 0.605. The minimum Gasteiger partial charge on any atom is -0.277 e. The van der Waals surface area contributed by atoms with Crippen LogP contribution in [0, 0.1) is 0 Å². The molecule has 3 heterocycles. The Bertz CT molecular complexity index is 2420. The Kier molecular flexibility index (Phi) is 5.64. The van der Waals surface area contributed by atoms with E-state index in [0.29, 0.717) is 17.6 Å². The molecule has 0 aliphatic carbocycles. The smallest absolute Gasteiger partial charge is 0.238 e. The maximum absolute atomic E-state index is 5.17. The lowest BCUT2D eigenvalue weighted by Gasteiger charge is -2.11. The number of hydrogen-bond acceptors (Lipinski definition) is 4. The highest BCUT2D eigenvalue weighted by molar-refractivity contribution is 7.26. The second-order valence-corrected chi connectivity index (χ2v) is 12.0. The van der Waals surface area contributed by atoms with Crippen molar-refractivity contribution in [3.63, 3.8) is 0 Å². The Morgan fingerprint density at radius 1 is 0.432 bits per heavy atom. The zero-order chi connectivity index (χ0) is 29.0. The van der Waals surface area contributed by atoms with E-state index in [1.165, 1.54) is 42.1 Å². The van der Waals surface area contributed by atoms with Gasteiger partial charge in [0.15, 0.2) is 11.6 Å². The Morgan fingerprint density at radius 2 is 1.05 bits per heavy atom. The quantitative estimate of drug-likeness (QED) is 0.208. The standard InChI is InChI=1S/C39H24N4S/c1-4-12-25(13-5-1)28-20-22-32-31(24-28)29-21-23-34-35(30-18-10-11-19-33(30)44-34)36(29)43(32)39-41-37(26-14-6-2-7-15-26)40-38(42-39)27-16-8-3-9-17-27/h1-24H. The first-order valence-electron chi connectivity index (χ1n) is 14.6. The molecule has 0 atom stereocenters. The highest BCUT2D eigenvalue weighted by Crippen LogP contribution is 2.43. The summed E-state index contributed by atoms with van der Waals surface area (Å²) in [7, 11) is 0. The zero-order valence-corrected chi connectivity index (χ0v) is 24.4. The van der Waals surface area contributed by atoms with E-state index >= 15 is 0 Å². The summed E-state index contributed by atoms with van der Waals surface area (Å²) in [5.74, 6) is 1.90. The summed E-state index contributed by atoms with van der Waals surface area (Å²) in [5.41, 5.74) is 6.45. The van der Waals surface area contributed by atoms with Gasteiger partial charge in [-0.05, 0) is 35.4 Å². The number of benzene rings is 6. The molecule has 0 saturated carbocycles. The molecule has 44 heavy (non-hydrogen) atoms. The molecular weight excluding hydrogens is 557 g/mol. The van der Waals surface area contributed by atoms with Gasteiger partial charge in [0, 0.05) is 42.1 Å². The van der Waals surface area contributed by atoms with Gasteiger partial charge in [0.1, 0.15) is 0 Å². The molecule has 206 valence electrons. The number of fused-ring (bicyclic) bond motifs is 7. The summed E-state index contributed by atoms with van der Waals surface area (Å²) in [6, 6.07) is 50.8. The molecule has 0 saturated heterocycles. The molecule has 0 unspecified atom stereocenters. The highest BCUT2D eigenvalue weighted by atomic mass is 32.1. The lowest BCUT2D eigenvalue weighted by molar-refractivity contribution is 0.955. The van der Waals surface area contributed by atoms with Crippen LogP contribution in [0.15, 0.2) is 146 Å². The summed E-state index contributed by atoms with van der Waals surface area (Å²) in [5, 5.41) is 4.81. The molecule has 9 rings (SSSR count). The van der Waals surface area contributed by atoms with Gasteiger partial charge in [0.25, 0.3) is 0 Å². The first kappa shape index (κ1) is 24.9. The Hall–Kier alpha value is -5.65. The molecule has 0 aliphatic rings. The van der Waals surface area contributed by atoms with Gasteiger partial charge in [-0.15, -0.1) is 11.3 Å². The van der Waals surface area contributed by atoms with Crippen LogP contribution in [0.2, 0.25) is 0 Å². The Balaban J connectivity index is 1.43. The first-order chi connectivity index (χ1) is 21.8. The van der Waals surface area contributed by atoms with E-state index in [4.69, 9.17) is 15.0 Å². The van der Waals surface area contributed by atoms with Gasteiger partial charge in [-0.25, -0.2) is 4.98 Å². The maximum atomic E-state index is 5.17. The fourth-order valence-electron chi connectivity index (χ4n) is 6.23. The van der Waals surface area contributed by atoms with Crippen molar-refractivity contribution in [3.8, 4) is 39.9 Å². The van der Waals surface area contributed by atoms with E-state index in [-0.39, 0.29) is 0 Å². The van der Waals surface area contributed by atoms with Gasteiger partial charge in [0.05, 0.1) is 11.0 Å². The van der Waals surface area contributed by atoms with Crippen LogP contribution in [0.4, 0.5) is 0 Å². The van der Waals surface area contributed by atoms with Crippen molar-refractivity contribution in [1.82, 2.24) is 19.5 Å². The Morgan fingerprint density at radius 3 is 1.73 bits per heavy atom. The van der Waals surface area contributed by atoms with Gasteiger partial charge >= 0.3 is 0 Å². The molecule has 3 aromatic heterocycles. The molecule has 0 radical (unpaired) electrons. The van der Waals surface area contributed by atoms with Crippen molar-refractivity contribution < 1.29 is 0 Å². The molecule has 0 fully saturated rings. The monoisotopic (exact) mass is 580 g/mol. The third-order valence-corrected chi connectivity index (χ3v) is 9.40. The van der Waals surface area contributed by atoms with Crippen LogP contribution in [-0.4, -0.2) is 19.5 Å². The second kappa shape index (κ2) is 9.97. The third kappa shape index (κ3) is 3.94. The summed E-state index contributed by atoms with van der Waals surface area (Å²) in [6.07, 6.45) is 0. The van der Waals surface area contributed by atoms with Crippen molar-refractivity contribution in [3.05, 3.63) is 146 Å². The highest BCUT2D eigenvalue weighted by Gasteiger charge is 2.21. The summed E-state index contributed by atoms with van der Waals surface area (Å²) < 4.78 is 4.76. The molecule has 5 heteroatoms. The number of aromatic nitrogens is 4. The SMILES string of the molecule is c1ccc(-c2ccc3c(c2)c2ccc4sc5ccccc5c4c2n3-c2nc(-c3ccccc3)nc(-c3ccccc3)n2)cc1. The van der Waals surface area contributed by atoms with Crippen molar-refractivity contribution in [2.45, 2.75) is 0 Å². The fourth-order valence-corrected chi connectivity index (χ4v) is 7.34. The van der Waals surface area contributed by atoms with Crippen molar-refractivity contribution in [1.29, 1.82) is 0 Å². The number of nitrogens with zero attached hydrogens (tertiary/aromatic N) is 4. The number of rotatable bonds is 4. The average molecular weight is 581 g/mol. The predicted molar refractivity (Wildman–Crippen MR) is 183 cm³/mol. The first-order valence-corrected chi connectivity index (χ1v) is 15.4. The topological polar surface area (TPSA) is 43.6 Å². The maximum Gasteiger partial charge on any atom is 0.238 e. The van der Waals surface area contributed by atoms with E-state index < -0.39 is 0 Å². The van der Waals surface area contributed by atoms with E-state index in [0.717, 1.165) is 22.2 Å². The van der Waals surface area contributed by atoms with Crippen LogP contribution in [0.1, 0.15) is 0 Å². The number of hydrogen-bond donors (Lipinski definition) is 0. The van der Waals surface area contributed by atoms with E-state index in [1.54, 1.807) is 0 Å². The van der Waals surface area contributed by atoms with Gasteiger partial charge in [0.2, 0.25) is 5.95 Å². The lowest BCUT2D eigenvalue weighted by Crippen LogP contribution is -2.06. The third-order valence-electron chi connectivity index (χ3n) is 8.26. The molecule has 0 aliphatic heterocycles. The normalized spacial score (nSPS) is 11.6. The fraction of sp³-hybridized carbons (Fsp3) is 0. The van der Waals surface area contributed by atoms with Crippen LogP contribution in [-0.2, 0) is 0 Å². The summed E-state index contributed by atoms with van der Waals surface area (Å²) in [4.78, 5) is 15.3.